The number of nitrogens with one attached hydrogen (secondary N) is 1. The van der Waals surface area contributed by atoms with E-state index in [4.69, 9.17) is 0 Å². The Hall–Kier alpha value is -3.09. The first-order valence-electron chi connectivity index (χ1n) is 6.30. The summed E-state index contributed by atoms with van der Waals surface area (Å²) in [6.45, 7) is 0. The van der Waals surface area contributed by atoms with E-state index in [0.717, 1.165) is 12.3 Å². The minimum absolute atomic E-state index is 0.000370. The fraction of sp³-hybridized carbons (Fsp3) is 0. The highest BCUT2D eigenvalue weighted by atomic mass is 19.1. The van der Waals surface area contributed by atoms with Crippen molar-refractivity contribution in [2.75, 3.05) is 5.32 Å². The second-order valence-corrected chi connectivity index (χ2v) is 4.54. The normalized spacial score (nSPS) is 10.6. The van der Waals surface area contributed by atoms with Gasteiger partial charge >= 0.3 is 5.69 Å². The van der Waals surface area contributed by atoms with E-state index >= 15 is 0 Å². The molecule has 7 heteroatoms. The van der Waals surface area contributed by atoms with Crippen molar-refractivity contribution in [2.24, 2.45) is 0 Å². The van der Waals surface area contributed by atoms with Gasteiger partial charge in [-0.2, -0.15) is 0 Å². The minimum atomic E-state index is -0.652. The van der Waals surface area contributed by atoms with Gasteiger partial charge < -0.3 is 5.32 Å². The number of fused-ring (bicyclic) bond motifs is 1. The molecule has 1 aromatic heterocycles. The molecule has 0 aliphatic carbocycles. The van der Waals surface area contributed by atoms with Crippen molar-refractivity contribution in [1.29, 1.82) is 0 Å². The molecule has 3 rings (SSSR count). The Morgan fingerprint density at radius 2 is 1.91 bits per heavy atom. The van der Waals surface area contributed by atoms with Gasteiger partial charge in [-0.25, -0.2) is 13.8 Å². The lowest BCUT2D eigenvalue weighted by Gasteiger charge is -2.10. The van der Waals surface area contributed by atoms with Crippen molar-refractivity contribution in [3.63, 3.8) is 0 Å². The topological polar surface area (TPSA) is 68.1 Å². The van der Waals surface area contributed by atoms with Crippen LogP contribution in [0.2, 0.25) is 0 Å². The Labute approximate surface area is 123 Å². The maximum Gasteiger partial charge on any atom is 0.311 e. The molecule has 3 aromatic rings. The van der Waals surface area contributed by atoms with Gasteiger partial charge in [-0.05, 0) is 30.3 Å². The van der Waals surface area contributed by atoms with Crippen LogP contribution in [0.3, 0.4) is 0 Å². The first-order valence-corrected chi connectivity index (χ1v) is 6.30. The van der Waals surface area contributed by atoms with Crippen LogP contribution in [-0.4, -0.2) is 9.91 Å². The van der Waals surface area contributed by atoms with Gasteiger partial charge in [0.25, 0.3) is 0 Å². The van der Waals surface area contributed by atoms with Crippen LogP contribution in [0.25, 0.3) is 10.9 Å². The number of nitrogens with zero attached hydrogens (tertiary/aromatic N) is 2. The first-order chi connectivity index (χ1) is 10.6. The fourth-order valence-electron chi connectivity index (χ4n) is 2.12. The van der Waals surface area contributed by atoms with Crippen molar-refractivity contribution in [3.8, 4) is 0 Å². The number of para-hydroxylation sites is 1. The molecule has 0 fully saturated rings. The zero-order chi connectivity index (χ0) is 15.7. The van der Waals surface area contributed by atoms with Gasteiger partial charge in [-0.3, -0.25) is 10.1 Å². The predicted octanol–water partition coefficient (Wildman–Crippen LogP) is 4.16. The summed E-state index contributed by atoms with van der Waals surface area (Å²) in [5, 5.41) is 14.0. The van der Waals surface area contributed by atoms with Gasteiger partial charge in [-0.15, -0.1) is 0 Å². The standard InChI is InChI=1S/C15H9F2N3O2/c16-9-5-6-12-10(7-9)15(14(8-18-12)20(21)22)19-13-4-2-1-3-11(13)17/h1-8H,(H,18,19). The van der Waals surface area contributed by atoms with E-state index in [9.17, 15) is 18.9 Å². The molecule has 0 aliphatic rings. The van der Waals surface area contributed by atoms with E-state index < -0.39 is 16.6 Å². The van der Waals surface area contributed by atoms with E-state index in [2.05, 4.69) is 10.3 Å². The Kier molecular flexibility index (Phi) is 3.38. The molecule has 2 aromatic carbocycles. The number of halogens is 2. The lowest BCUT2D eigenvalue weighted by Crippen LogP contribution is -2.01. The van der Waals surface area contributed by atoms with E-state index in [-0.39, 0.29) is 22.4 Å². The highest BCUT2D eigenvalue weighted by molar-refractivity contribution is 5.97. The van der Waals surface area contributed by atoms with Crippen LogP contribution in [-0.2, 0) is 0 Å². The summed E-state index contributed by atoms with van der Waals surface area (Å²) in [7, 11) is 0. The zero-order valence-electron chi connectivity index (χ0n) is 11.1. The van der Waals surface area contributed by atoms with Gasteiger partial charge in [-0.1, -0.05) is 12.1 Å². The van der Waals surface area contributed by atoms with Crippen molar-refractivity contribution in [1.82, 2.24) is 4.98 Å². The van der Waals surface area contributed by atoms with E-state index in [1.807, 2.05) is 0 Å². The number of hydrogen-bond acceptors (Lipinski definition) is 4. The molecule has 22 heavy (non-hydrogen) atoms. The van der Waals surface area contributed by atoms with Crippen LogP contribution in [0.1, 0.15) is 0 Å². The van der Waals surface area contributed by atoms with Crippen LogP contribution >= 0.6 is 0 Å². The number of rotatable bonds is 3. The van der Waals surface area contributed by atoms with Crippen LogP contribution in [0.5, 0.6) is 0 Å². The SMILES string of the molecule is O=[N+]([O-])c1cnc2ccc(F)cc2c1Nc1ccccc1F. The number of nitro groups is 1. The summed E-state index contributed by atoms with van der Waals surface area (Å²) in [6, 6.07) is 9.47. The van der Waals surface area contributed by atoms with Gasteiger partial charge in [0.15, 0.2) is 0 Å². The second-order valence-electron chi connectivity index (χ2n) is 4.54. The molecule has 0 radical (unpaired) electrons. The molecule has 5 nitrogen and oxygen atoms in total. The van der Waals surface area contributed by atoms with Crippen LogP contribution < -0.4 is 5.32 Å². The Morgan fingerprint density at radius 1 is 1.14 bits per heavy atom. The van der Waals surface area contributed by atoms with Crippen molar-refractivity contribution in [3.05, 3.63) is 70.4 Å². The summed E-state index contributed by atoms with van der Waals surface area (Å²) in [5.74, 6) is -1.13. The first kappa shape index (κ1) is 13.9. The smallest absolute Gasteiger partial charge is 0.311 e. The summed E-state index contributed by atoms with van der Waals surface area (Å²) in [4.78, 5) is 14.4. The lowest BCUT2D eigenvalue weighted by atomic mass is 10.1. The van der Waals surface area contributed by atoms with Crippen LogP contribution in [0.4, 0.5) is 25.8 Å². The third-order valence-electron chi connectivity index (χ3n) is 3.14. The Morgan fingerprint density at radius 3 is 2.64 bits per heavy atom. The van der Waals surface area contributed by atoms with Gasteiger partial charge in [0.05, 0.1) is 16.1 Å². The summed E-state index contributed by atoms with van der Waals surface area (Å²) < 4.78 is 27.2. The van der Waals surface area contributed by atoms with Crippen LogP contribution in [0, 0.1) is 21.7 Å². The fourth-order valence-corrected chi connectivity index (χ4v) is 2.12. The average molecular weight is 301 g/mol. The van der Waals surface area contributed by atoms with Crippen molar-refractivity contribution in [2.45, 2.75) is 0 Å². The summed E-state index contributed by atoms with van der Waals surface area (Å²) in [6.07, 6.45) is 1.06. The number of aromatic nitrogens is 1. The molecule has 0 atom stereocenters. The molecule has 110 valence electrons. The number of benzene rings is 2. The number of hydrogen-bond donors (Lipinski definition) is 1. The minimum Gasteiger partial charge on any atom is -0.347 e. The molecule has 1 N–H and O–H groups in total. The zero-order valence-corrected chi connectivity index (χ0v) is 11.1. The Bertz CT molecular complexity index is 884. The molecular formula is C15H9F2N3O2. The maximum atomic E-state index is 13.8. The largest absolute Gasteiger partial charge is 0.347 e. The predicted molar refractivity (Wildman–Crippen MR) is 78.0 cm³/mol. The van der Waals surface area contributed by atoms with Crippen LogP contribution in [0.15, 0.2) is 48.7 Å². The number of anilines is 2. The van der Waals surface area contributed by atoms with E-state index in [1.54, 1.807) is 6.07 Å². The Balaban J connectivity index is 2.25. The molecule has 0 saturated carbocycles. The monoisotopic (exact) mass is 301 g/mol. The lowest BCUT2D eigenvalue weighted by molar-refractivity contribution is -0.384. The molecule has 1 heterocycles. The molecule has 0 unspecified atom stereocenters. The van der Waals surface area contributed by atoms with Gasteiger partial charge in [0.1, 0.15) is 23.5 Å². The molecular weight excluding hydrogens is 292 g/mol. The highest BCUT2D eigenvalue weighted by Gasteiger charge is 2.19. The number of pyridine rings is 1. The molecule has 0 bridgehead atoms. The maximum absolute atomic E-state index is 13.8. The third-order valence-corrected chi connectivity index (χ3v) is 3.14. The molecule has 0 amide bonds. The quantitative estimate of drug-likeness (QED) is 0.582. The van der Waals surface area contributed by atoms with E-state index in [0.29, 0.717) is 5.52 Å². The summed E-state index contributed by atoms with van der Waals surface area (Å²) >= 11 is 0. The van der Waals surface area contributed by atoms with Crippen molar-refractivity contribution >= 4 is 28.0 Å². The van der Waals surface area contributed by atoms with Gasteiger partial charge in [0.2, 0.25) is 0 Å². The van der Waals surface area contributed by atoms with Gasteiger partial charge in [0, 0.05) is 5.39 Å². The second kappa shape index (κ2) is 5.36. The molecule has 0 spiro atoms. The van der Waals surface area contributed by atoms with E-state index in [1.165, 1.54) is 30.3 Å². The average Bonchev–Trinajstić information content (AvgIpc) is 2.49. The molecule has 0 aliphatic heterocycles. The summed E-state index contributed by atoms with van der Waals surface area (Å²) in [5.41, 5.74) is 0.0640. The van der Waals surface area contributed by atoms with Crippen molar-refractivity contribution < 1.29 is 13.7 Å². The third kappa shape index (κ3) is 2.44. The molecule has 0 saturated heterocycles. The highest BCUT2D eigenvalue weighted by Crippen LogP contribution is 2.34.